The van der Waals surface area contributed by atoms with E-state index >= 15 is 0 Å². The molecule has 0 amide bonds. The molecule has 3 heteroatoms. The molecule has 4 rings (SSSR count). The van der Waals surface area contributed by atoms with E-state index in [2.05, 4.69) is 34.6 Å². The summed E-state index contributed by atoms with van der Waals surface area (Å²) in [6, 6.07) is 0. The van der Waals surface area contributed by atoms with Gasteiger partial charge in [-0.1, -0.05) is 60.3 Å². The Morgan fingerprint density at radius 1 is 0.970 bits per heavy atom. The molecule has 3 nitrogen and oxygen atoms in total. The fourth-order valence-electron chi connectivity index (χ4n) is 8.90. The van der Waals surface area contributed by atoms with Gasteiger partial charge in [-0.05, 0) is 85.9 Å². The van der Waals surface area contributed by atoms with E-state index in [0.29, 0.717) is 29.5 Å². The number of rotatable bonds is 8. The van der Waals surface area contributed by atoms with E-state index in [0.717, 1.165) is 43.9 Å². The number of fused-ring (bicyclic) bond motifs is 5. The molecule has 0 saturated heterocycles. The lowest BCUT2D eigenvalue weighted by Crippen LogP contribution is -2.54. The molecule has 188 valence electrons. The maximum Gasteiger partial charge on any atom is 0.306 e. The average molecular weight is 459 g/mol. The summed E-state index contributed by atoms with van der Waals surface area (Å²) in [4.78, 5) is 25.2. The maximum atomic E-state index is 13.0. The van der Waals surface area contributed by atoms with Crippen molar-refractivity contribution in [2.75, 3.05) is 0 Å². The average Bonchev–Trinajstić information content (AvgIpc) is 3.07. The van der Waals surface area contributed by atoms with Crippen molar-refractivity contribution in [1.29, 1.82) is 0 Å². The molecular weight excluding hydrogens is 408 g/mol. The molecule has 0 bridgehead atoms. The highest BCUT2D eigenvalue weighted by Crippen LogP contribution is 2.66. The van der Waals surface area contributed by atoms with Crippen LogP contribution in [0.1, 0.15) is 131 Å². The van der Waals surface area contributed by atoms with E-state index < -0.39 is 0 Å². The molecule has 0 N–H and O–H groups in total. The van der Waals surface area contributed by atoms with Crippen LogP contribution in [0.15, 0.2) is 0 Å². The quantitative estimate of drug-likeness (QED) is 0.274. The predicted molar refractivity (Wildman–Crippen MR) is 134 cm³/mol. The van der Waals surface area contributed by atoms with Crippen LogP contribution >= 0.6 is 0 Å². The number of hydrogen-bond acceptors (Lipinski definition) is 3. The minimum atomic E-state index is 0.0333. The van der Waals surface area contributed by atoms with Crippen molar-refractivity contribution in [3.05, 3.63) is 0 Å². The lowest BCUT2D eigenvalue weighted by Gasteiger charge is -2.60. The molecule has 0 spiro atoms. The molecule has 7 atom stereocenters. The van der Waals surface area contributed by atoms with Gasteiger partial charge in [0.05, 0.1) is 6.42 Å². The summed E-state index contributed by atoms with van der Waals surface area (Å²) >= 11 is 0. The second kappa shape index (κ2) is 9.65. The summed E-state index contributed by atoms with van der Waals surface area (Å²) in [5.41, 5.74) is 0.539. The number of ketones is 1. The van der Waals surface area contributed by atoms with Gasteiger partial charge in [0, 0.05) is 18.3 Å². The fraction of sp³-hybridized carbons (Fsp3) is 0.933. The first-order valence-electron chi connectivity index (χ1n) is 14.3. The lowest BCUT2D eigenvalue weighted by molar-refractivity contribution is -0.166. The van der Waals surface area contributed by atoms with E-state index in [1.807, 2.05) is 0 Å². The number of ether oxygens (including phenoxy) is 1. The third-order valence-corrected chi connectivity index (χ3v) is 11.0. The number of esters is 1. The number of Topliss-reactive ketones (excluding diaryl/α,β-unsaturated/α-hetero) is 1. The van der Waals surface area contributed by atoms with Gasteiger partial charge in [-0.15, -0.1) is 0 Å². The lowest BCUT2D eigenvalue weighted by atomic mass is 9.45. The number of unbranched alkanes of at least 4 members (excludes halogenated alkanes) is 3. The summed E-state index contributed by atoms with van der Waals surface area (Å²) in [6.45, 7) is 11.7. The molecule has 4 saturated carbocycles. The second-order valence-corrected chi connectivity index (χ2v) is 13.7. The fourth-order valence-corrected chi connectivity index (χ4v) is 8.90. The standard InChI is InChI=1S/C30H50O3/c1-6-7-8-9-16-28(2,3)20-27(32)33-26-13-12-24-23-11-10-21-19-22(31)14-17-29(21,4)25(23)15-18-30(24,26)5/h21,23-26H,6-20H2,1-5H3/t21?,23-,24-,25-,26-,29-,30-/m0/s1. The zero-order chi connectivity index (χ0) is 23.9. The van der Waals surface area contributed by atoms with Gasteiger partial charge in [-0.25, -0.2) is 0 Å². The van der Waals surface area contributed by atoms with Crippen molar-refractivity contribution in [2.24, 2.45) is 39.9 Å². The Morgan fingerprint density at radius 3 is 2.48 bits per heavy atom. The Morgan fingerprint density at radius 2 is 1.73 bits per heavy atom. The Labute approximate surface area is 203 Å². The van der Waals surface area contributed by atoms with Gasteiger partial charge in [0.2, 0.25) is 0 Å². The third kappa shape index (κ3) is 4.94. The Kier molecular flexibility index (Phi) is 7.38. The predicted octanol–water partition coefficient (Wildman–Crippen LogP) is 7.90. The van der Waals surface area contributed by atoms with Gasteiger partial charge in [-0.3, -0.25) is 9.59 Å². The minimum absolute atomic E-state index is 0.0333. The molecule has 0 aromatic carbocycles. The van der Waals surface area contributed by atoms with Crippen LogP contribution in [-0.2, 0) is 14.3 Å². The summed E-state index contributed by atoms with van der Waals surface area (Å²) in [6.07, 6.45) is 16.8. The molecule has 0 heterocycles. The van der Waals surface area contributed by atoms with Gasteiger partial charge in [-0.2, -0.15) is 0 Å². The first-order chi connectivity index (χ1) is 15.6. The minimum Gasteiger partial charge on any atom is -0.462 e. The van der Waals surface area contributed by atoms with Crippen molar-refractivity contribution in [3.63, 3.8) is 0 Å². The molecule has 4 fully saturated rings. The second-order valence-electron chi connectivity index (χ2n) is 13.7. The van der Waals surface area contributed by atoms with E-state index in [4.69, 9.17) is 4.74 Å². The zero-order valence-corrected chi connectivity index (χ0v) is 22.2. The molecule has 33 heavy (non-hydrogen) atoms. The Bertz CT molecular complexity index is 726. The van der Waals surface area contributed by atoms with E-state index in [1.165, 1.54) is 57.8 Å². The van der Waals surface area contributed by atoms with E-state index in [1.54, 1.807) is 0 Å². The Hall–Kier alpha value is -0.860. The van der Waals surface area contributed by atoms with Gasteiger partial charge in [0.25, 0.3) is 0 Å². The molecule has 0 aliphatic heterocycles. The molecule has 0 aromatic heterocycles. The van der Waals surface area contributed by atoms with Gasteiger partial charge in [0.15, 0.2) is 0 Å². The smallest absolute Gasteiger partial charge is 0.306 e. The molecule has 0 radical (unpaired) electrons. The third-order valence-electron chi connectivity index (χ3n) is 11.0. The first-order valence-corrected chi connectivity index (χ1v) is 14.3. The summed E-state index contributed by atoms with van der Waals surface area (Å²) < 4.78 is 6.29. The van der Waals surface area contributed by atoms with Crippen molar-refractivity contribution in [1.82, 2.24) is 0 Å². The maximum absolute atomic E-state index is 13.0. The summed E-state index contributed by atoms with van der Waals surface area (Å²) in [7, 11) is 0. The van der Waals surface area contributed by atoms with Crippen molar-refractivity contribution < 1.29 is 14.3 Å². The van der Waals surface area contributed by atoms with Gasteiger partial charge < -0.3 is 4.74 Å². The van der Waals surface area contributed by atoms with Crippen LogP contribution in [-0.4, -0.2) is 17.9 Å². The zero-order valence-electron chi connectivity index (χ0n) is 22.2. The molecule has 0 aromatic rings. The van der Waals surface area contributed by atoms with Crippen LogP contribution in [0.25, 0.3) is 0 Å². The van der Waals surface area contributed by atoms with Crippen LogP contribution in [0.4, 0.5) is 0 Å². The molecule has 1 unspecified atom stereocenters. The highest BCUT2D eigenvalue weighted by molar-refractivity contribution is 5.79. The van der Waals surface area contributed by atoms with E-state index in [9.17, 15) is 9.59 Å². The van der Waals surface area contributed by atoms with Crippen LogP contribution in [0.3, 0.4) is 0 Å². The first kappa shape index (κ1) is 25.2. The highest BCUT2D eigenvalue weighted by Gasteiger charge is 2.61. The van der Waals surface area contributed by atoms with Crippen LogP contribution in [0, 0.1) is 39.9 Å². The van der Waals surface area contributed by atoms with Crippen molar-refractivity contribution in [3.8, 4) is 0 Å². The highest BCUT2D eigenvalue weighted by atomic mass is 16.5. The number of carbonyl (C=O) groups is 2. The molecule has 4 aliphatic rings. The largest absolute Gasteiger partial charge is 0.462 e. The molecular formula is C30H50O3. The number of carbonyl (C=O) groups excluding carboxylic acids is 2. The van der Waals surface area contributed by atoms with Crippen LogP contribution in [0.5, 0.6) is 0 Å². The van der Waals surface area contributed by atoms with Gasteiger partial charge >= 0.3 is 5.97 Å². The normalized spacial score (nSPS) is 40.6. The molecule has 4 aliphatic carbocycles. The van der Waals surface area contributed by atoms with Crippen LogP contribution < -0.4 is 0 Å². The van der Waals surface area contributed by atoms with Crippen molar-refractivity contribution >= 4 is 11.8 Å². The van der Waals surface area contributed by atoms with Crippen molar-refractivity contribution in [2.45, 2.75) is 137 Å². The van der Waals surface area contributed by atoms with Crippen LogP contribution in [0.2, 0.25) is 0 Å². The summed E-state index contributed by atoms with van der Waals surface area (Å²) in [5, 5.41) is 0. The summed E-state index contributed by atoms with van der Waals surface area (Å²) in [5.74, 6) is 3.35. The van der Waals surface area contributed by atoms with Gasteiger partial charge in [0.1, 0.15) is 11.9 Å². The SMILES string of the molecule is CCCCCCC(C)(C)CC(=O)O[C@H]1CC[C@H]2[C@@H]3CCC4CC(=O)CC[C@]4(C)[C@H]3CC[C@]12C. The topological polar surface area (TPSA) is 43.4 Å². The Balaban J connectivity index is 1.37. The number of hydrogen-bond donors (Lipinski definition) is 0. The monoisotopic (exact) mass is 458 g/mol. The van der Waals surface area contributed by atoms with E-state index in [-0.39, 0.29) is 22.9 Å².